The normalized spacial score (nSPS) is 10.5. The molecule has 0 unspecified atom stereocenters. The number of benzene rings is 1. The minimum atomic E-state index is -0.538. The second-order valence-electron chi connectivity index (χ2n) is 3.71. The largest absolute Gasteiger partial charge is 0.312 e. The molecule has 0 aliphatic rings. The Bertz CT molecular complexity index is 406. The highest BCUT2D eigenvalue weighted by Crippen LogP contribution is 2.32. The molecule has 0 heterocycles. The van der Waals surface area contributed by atoms with Crippen molar-refractivity contribution < 1.29 is 0 Å². The molecule has 15 heavy (non-hydrogen) atoms. The van der Waals surface area contributed by atoms with Crippen LogP contribution in [0.2, 0.25) is 0 Å². The highest BCUT2D eigenvalue weighted by Gasteiger charge is 2.12. The molecule has 3 nitrogen and oxygen atoms in total. The number of aliphatic imine (C=N–C) groups is 1. The van der Waals surface area contributed by atoms with E-state index in [2.05, 4.69) is 18.3 Å². The minimum Gasteiger partial charge on any atom is -0.312 e. The molecule has 0 amide bonds. The second-order valence-corrected chi connectivity index (χ2v) is 3.71. The van der Waals surface area contributed by atoms with Crippen molar-refractivity contribution in [2.75, 3.05) is 0 Å². The molecule has 0 bridgehead atoms. The van der Waals surface area contributed by atoms with Gasteiger partial charge in [-0.1, -0.05) is 12.6 Å². The van der Waals surface area contributed by atoms with Gasteiger partial charge in [0.25, 0.3) is 0 Å². The molecule has 0 aromatic heterocycles. The van der Waals surface area contributed by atoms with Gasteiger partial charge in [-0.15, -0.1) is 0 Å². The summed E-state index contributed by atoms with van der Waals surface area (Å²) < 4.78 is 0. The summed E-state index contributed by atoms with van der Waals surface area (Å²) in [6, 6.07) is 3.94. The number of hydrogen-bond donors (Lipinski definition) is 2. The van der Waals surface area contributed by atoms with E-state index in [9.17, 15) is 0 Å². The number of allylic oxidation sites excluding steroid dienone is 1. The zero-order valence-electron chi connectivity index (χ0n) is 9.25. The molecule has 0 atom stereocenters. The van der Waals surface area contributed by atoms with Crippen LogP contribution >= 0.6 is 0 Å². The first-order valence-corrected chi connectivity index (χ1v) is 4.75. The van der Waals surface area contributed by atoms with E-state index >= 15 is 0 Å². The molecule has 3 heteroatoms. The molecule has 80 valence electrons. The molecule has 0 aliphatic carbocycles. The molecule has 0 radical (unpaired) electrons. The van der Waals surface area contributed by atoms with Gasteiger partial charge in [0.2, 0.25) is 0 Å². The molecule has 1 rings (SSSR count). The highest BCUT2D eigenvalue weighted by molar-refractivity contribution is 5.76. The summed E-state index contributed by atoms with van der Waals surface area (Å²) in [6.45, 7) is 11.4. The van der Waals surface area contributed by atoms with Gasteiger partial charge in [-0.3, -0.25) is 4.99 Å². The van der Waals surface area contributed by atoms with Crippen molar-refractivity contribution in [3.63, 3.8) is 0 Å². The van der Waals surface area contributed by atoms with Gasteiger partial charge in [0.05, 0.1) is 11.9 Å². The minimum absolute atomic E-state index is 0.538. The van der Waals surface area contributed by atoms with Crippen LogP contribution in [0.4, 0.5) is 5.69 Å². The maximum Gasteiger partial charge on any atom is 0.0806 e. The number of hydrogen-bond acceptors (Lipinski definition) is 3. The average molecular weight is 203 g/mol. The molecule has 1 aromatic rings. The quantitative estimate of drug-likeness (QED) is 0.584. The number of rotatable bonds is 3. The Morgan fingerprint density at radius 1 is 1.40 bits per heavy atom. The van der Waals surface area contributed by atoms with Crippen molar-refractivity contribution in [2.45, 2.75) is 20.0 Å². The Labute approximate surface area is 90.5 Å². The highest BCUT2D eigenvalue weighted by atomic mass is 14.9. The third-order valence-electron chi connectivity index (χ3n) is 2.26. The van der Waals surface area contributed by atoms with Crippen LogP contribution in [0.15, 0.2) is 23.7 Å². The monoisotopic (exact) mass is 203 g/mol. The third-order valence-corrected chi connectivity index (χ3v) is 2.26. The molecule has 0 saturated carbocycles. The topological polar surface area (TPSA) is 64.4 Å². The lowest BCUT2D eigenvalue weighted by Gasteiger charge is -2.15. The van der Waals surface area contributed by atoms with Gasteiger partial charge < -0.3 is 11.5 Å². The van der Waals surface area contributed by atoms with E-state index in [1.165, 1.54) is 0 Å². The fourth-order valence-corrected chi connectivity index (χ4v) is 1.56. The van der Waals surface area contributed by atoms with Gasteiger partial charge in [-0.25, -0.2) is 0 Å². The zero-order chi connectivity index (χ0) is 11.6. The van der Waals surface area contributed by atoms with E-state index in [0.717, 1.165) is 28.0 Å². The number of nitrogens with two attached hydrogens (primary N) is 2. The molecule has 4 N–H and O–H groups in total. The molecule has 0 spiro atoms. The van der Waals surface area contributed by atoms with Crippen molar-refractivity contribution in [1.82, 2.24) is 0 Å². The summed E-state index contributed by atoms with van der Waals surface area (Å²) in [4.78, 5) is 3.98. The van der Waals surface area contributed by atoms with Gasteiger partial charge >= 0.3 is 0 Å². The first-order valence-electron chi connectivity index (χ1n) is 4.75. The van der Waals surface area contributed by atoms with Crippen molar-refractivity contribution in [3.05, 3.63) is 35.4 Å². The molecular weight excluding hydrogens is 186 g/mol. The maximum absolute atomic E-state index is 5.69. The summed E-state index contributed by atoms with van der Waals surface area (Å²) >= 11 is 0. The summed E-state index contributed by atoms with van der Waals surface area (Å²) in [5.74, 6) is 0. The van der Waals surface area contributed by atoms with E-state index in [1.54, 1.807) is 0 Å². The van der Waals surface area contributed by atoms with E-state index in [0.29, 0.717) is 0 Å². The first-order chi connectivity index (χ1) is 6.97. The van der Waals surface area contributed by atoms with Crippen molar-refractivity contribution >= 4 is 18.0 Å². The van der Waals surface area contributed by atoms with Crippen LogP contribution in [0, 0.1) is 6.92 Å². The standard InChI is InChI=1S/C12H17N3/c1-7(2)9-5-8(3)6-10(12(13)14)11(9)15-4/h5-6,12H,1,4,13-14H2,2-3H3. The lowest BCUT2D eigenvalue weighted by atomic mass is 9.98. The fourth-order valence-electron chi connectivity index (χ4n) is 1.56. The van der Waals surface area contributed by atoms with Crippen LogP contribution < -0.4 is 11.5 Å². The Hall–Kier alpha value is -1.45. The van der Waals surface area contributed by atoms with Crippen LogP contribution in [0.3, 0.4) is 0 Å². The number of nitrogens with zero attached hydrogens (tertiary/aromatic N) is 1. The maximum atomic E-state index is 5.69. The van der Waals surface area contributed by atoms with E-state index in [1.807, 2.05) is 26.0 Å². The van der Waals surface area contributed by atoms with Crippen LogP contribution in [-0.4, -0.2) is 6.72 Å². The molecule has 0 fully saturated rings. The molecule has 0 aliphatic heterocycles. The molecule has 1 aromatic carbocycles. The van der Waals surface area contributed by atoms with Crippen LogP contribution in [0.1, 0.15) is 29.8 Å². The third kappa shape index (κ3) is 2.32. The van der Waals surface area contributed by atoms with Crippen molar-refractivity contribution in [1.29, 1.82) is 0 Å². The average Bonchev–Trinajstić information content (AvgIpc) is 2.16. The van der Waals surface area contributed by atoms with Gasteiger partial charge in [0, 0.05) is 11.1 Å². The molecular formula is C12H17N3. The Kier molecular flexibility index (Phi) is 3.39. The van der Waals surface area contributed by atoms with Crippen molar-refractivity contribution in [2.24, 2.45) is 16.5 Å². The Balaban J connectivity index is 3.52. The zero-order valence-corrected chi connectivity index (χ0v) is 9.25. The summed E-state index contributed by atoms with van der Waals surface area (Å²) in [6.07, 6.45) is -0.538. The summed E-state index contributed by atoms with van der Waals surface area (Å²) in [5.41, 5.74) is 15.9. The smallest absolute Gasteiger partial charge is 0.0806 e. The van der Waals surface area contributed by atoms with E-state index in [4.69, 9.17) is 11.5 Å². The molecule has 0 saturated heterocycles. The van der Waals surface area contributed by atoms with Gasteiger partial charge in [0.15, 0.2) is 0 Å². The summed E-state index contributed by atoms with van der Waals surface area (Å²) in [5, 5.41) is 0. The van der Waals surface area contributed by atoms with Gasteiger partial charge in [-0.05, 0) is 37.8 Å². The Morgan fingerprint density at radius 2 is 2.00 bits per heavy atom. The SMILES string of the molecule is C=Nc1c(C(=C)C)cc(C)cc1C(N)N. The Morgan fingerprint density at radius 3 is 2.40 bits per heavy atom. The van der Waals surface area contributed by atoms with Crippen LogP contribution in [0.25, 0.3) is 5.57 Å². The fraction of sp³-hybridized carbons (Fsp3) is 0.250. The lowest BCUT2D eigenvalue weighted by molar-refractivity contribution is 0.773. The summed E-state index contributed by atoms with van der Waals surface area (Å²) in [7, 11) is 0. The first kappa shape index (κ1) is 11.6. The van der Waals surface area contributed by atoms with Gasteiger partial charge in [0.1, 0.15) is 0 Å². The van der Waals surface area contributed by atoms with Crippen LogP contribution in [0.5, 0.6) is 0 Å². The predicted octanol–water partition coefficient (Wildman–Crippen LogP) is 2.28. The predicted molar refractivity (Wildman–Crippen MR) is 66.2 cm³/mol. The van der Waals surface area contributed by atoms with E-state index in [-0.39, 0.29) is 0 Å². The number of aryl methyl sites for hydroxylation is 1. The van der Waals surface area contributed by atoms with E-state index < -0.39 is 6.17 Å². The second kappa shape index (κ2) is 4.38. The van der Waals surface area contributed by atoms with Gasteiger partial charge in [-0.2, -0.15) is 0 Å². The lowest BCUT2D eigenvalue weighted by Crippen LogP contribution is -2.20. The van der Waals surface area contributed by atoms with Crippen LogP contribution in [-0.2, 0) is 0 Å². The van der Waals surface area contributed by atoms with Crippen molar-refractivity contribution in [3.8, 4) is 0 Å².